The van der Waals surface area contributed by atoms with Crippen molar-refractivity contribution in [2.24, 2.45) is 139 Å². The first-order valence-electron chi connectivity index (χ1n) is 50.8. The fraction of sp³-hybridized carbons (Fsp3) is 0.798. The second kappa shape index (κ2) is 41.1. The van der Waals surface area contributed by atoms with Gasteiger partial charge < -0.3 is 40.4 Å². The van der Waals surface area contributed by atoms with Crippen molar-refractivity contribution in [3.05, 3.63) is 108 Å². The van der Waals surface area contributed by atoms with Crippen molar-refractivity contribution in [3.8, 4) is 0 Å². The molecule has 0 heterocycles. The summed E-state index contributed by atoms with van der Waals surface area (Å²) in [4.78, 5) is 37.1. The van der Waals surface area contributed by atoms with E-state index >= 15 is 0 Å². The number of carbonyl (C=O) groups excluding carboxylic acids is 3. The first kappa shape index (κ1) is 105. The van der Waals surface area contributed by atoms with Gasteiger partial charge in [-0.15, -0.1) is 0 Å². The molecule has 3 aromatic rings. The lowest BCUT2D eigenvalue weighted by Crippen LogP contribution is -2.59. The lowest BCUT2D eigenvalue weighted by molar-refractivity contribution is -0.186. The highest BCUT2D eigenvalue weighted by Gasteiger charge is 2.68. The maximum atomic E-state index is 12.5. The van der Waals surface area contributed by atoms with Crippen LogP contribution in [-0.2, 0) is 73.8 Å². The number of carbonyl (C=O) groups is 3. The van der Waals surface area contributed by atoms with Crippen molar-refractivity contribution in [3.63, 3.8) is 0 Å². The summed E-state index contributed by atoms with van der Waals surface area (Å²) in [5, 5.41) is 43.5. The average molecular weight is 1930 g/mol. The van der Waals surface area contributed by atoms with E-state index < -0.39 is 71.6 Å². The molecule has 132 heavy (non-hydrogen) atoms. The lowest BCUT2D eigenvalue weighted by Gasteiger charge is -2.63. The predicted octanol–water partition coefficient (Wildman–Crippen LogP) is 18.2. The second-order valence-corrected chi connectivity index (χ2v) is 58.4. The number of aliphatic hydroxyl groups is 3. The molecule has 3 unspecified atom stereocenters. The molecule has 30 atom stereocenters. The van der Waals surface area contributed by atoms with Gasteiger partial charge in [-0.25, -0.2) is 0 Å². The van der Waals surface area contributed by atoms with Gasteiger partial charge in [0.2, 0.25) is 17.7 Å². The number of aliphatic hydroxyl groups excluding tert-OH is 3. The van der Waals surface area contributed by atoms with Gasteiger partial charge >= 0.3 is 0 Å². The fourth-order valence-electron chi connectivity index (χ4n) is 31.5. The smallest absolute Gasteiger partial charge is 0.266 e. The van der Waals surface area contributed by atoms with Gasteiger partial charge in [-0.05, 0) is 347 Å². The summed E-state index contributed by atoms with van der Waals surface area (Å²) in [6.45, 7) is 33.0. The highest BCUT2D eigenvalue weighted by atomic mass is 32.2. The monoisotopic (exact) mass is 1930 g/mol. The summed E-state index contributed by atoms with van der Waals surface area (Å²) in [7, 11) is -17.6. The maximum Gasteiger partial charge on any atom is 0.266 e. The molecule has 23 nitrogen and oxygen atoms in total. The van der Waals surface area contributed by atoms with Crippen molar-refractivity contribution >= 4 is 66.5 Å². The van der Waals surface area contributed by atoms with Crippen LogP contribution in [0.2, 0.25) is 18.1 Å². The third kappa shape index (κ3) is 22.8. The molecular formula is C104H165N3O20S4Si. The Labute approximate surface area is 793 Å². The molecule has 3 amide bonds. The van der Waals surface area contributed by atoms with Crippen LogP contribution in [0.15, 0.2) is 91.0 Å². The lowest BCUT2D eigenvalue weighted by atomic mass is 9.43. The molecule has 28 heteroatoms. The number of nitrogens with one attached hydrogen (secondary N) is 3. The van der Waals surface area contributed by atoms with Crippen LogP contribution in [0, 0.1) is 139 Å². The van der Waals surface area contributed by atoms with Gasteiger partial charge in [0.05, 0.1) is 54.0 Å². The Balaban J connectivity index is 0.000000171. The zero-order valence-corrected chi connectivity index (χ0v) is 86.3. The van der Waals surface area contributed by atoms with Crippen LogP contribution in [0.3, 0.4) is 0 Å². The van der Waals surface area contributed by atoms with E-state index in [0.29, 0.717) is 133 Å². The molecule has 15 rings (SSSR count). The quantitative estimate of drug-likeness (QED) is 0.0130. The molecule has 744 valence electrons. The van der Waals surface area contributed by atoms with Gasteiger partial charge in [0.15, 0.2) is 8.32 Å². The Bertz CT molecular complexity index is 4800. The van der Waals surface area contributed by atoms with Gasteiger partial charge in [-0.2, -0.15) is 33.7 Å². The van der Waals surface area contributed by atoms with E-state index in [-0.39, 0.29) is 117 Å². The molecule has 0 spiro atoms. The summed E-state index contributed by atoms with van der Waals surface area (Å²) in [6, 6.07) is 32.0. The van der Waals surface area contributed by atoms with Crippen molar-refractivity contribution < 1.29 is 90.4 Å². The van der Waals surface area contributed by atoms with Crippen molar-refractivity contribution in [2.45, 2.75) is 336 Å². The molecule has 12 aliphatic rings. The Morgan fingerprint density at radius 2 is 0.674 bits per heavy atom. The zero-order chi connectivity index (χ0) is 96.1. The van der Waals surface area contributed by atoms with E-state index in [1.807, 2.05) is 0 Å². The highest BCUT2D eigenvalue weighted by molar-refractivity contribution is 7.86. The number of hydrogen-bond donors (Lipinski definition) is 9. The van der Waals surface area contributed by atoms with Crippen LogP contribution in [0.25, 0.3) is 0 Å². The molecule has 0 radical (unpaired) electrons. The molecule has 0 bridgehead atoms. The molecule has 0 saturated heterocycles. The molecule has 12 fully saturated rings. The molecule has 0 aromatic heterocycles. The molecule has 3 aromatic carbocycles. The predicted molar refractivity (Wildman–Crippen MR) is 519 cm³/mol. The average Bonchev–Trinajstić information content (AvgIpc) is 1.46. The van der Waals surface area contributed by atoms with E-state index in [0.717, 1.165) is 158 Å². The van der Waals surface area contributed by atoms with E-state index in [4.69, 9.17) is 27.0 Å². The number of hydrogen-bond acceptors (Lipinski definition) is 17. The number of ether oxygens (including phenoxy) is 1. The number of fused-ring (bicyclic) bond motifs is 15. The van der Waals surface area contributed by atoms with Gasteiger partial charge in [-0.3, -0.25) is 32.2 Å². The first-order chi connectivity index (χ1) is 61.7. The molecular weight excluding hydrogens is 1770 g/mol. The third-order valence-electron chi connectivity index (χ3n) is 39.2. The Kier molecular flexibility index (Phi) is 32.7. The van der Waals surface area contributed by atoms with Gasteiger partial charge in [0.25, 0.3) is 40.5 Å². The molecule has 12 saturated carbocycles. The maximum absolute atomic E-state index is 12.5. The van der Waals surface area contributed by atoms with Gasteiger partial charge in [-0.1, -0.05) is 174 Å². The van der Waals surface area contributed by atoms with Gasteiger partial charge in [0, 0.05) is 45.0 Å². The summed E-state index contributed by atoms with van der Waals surface area (Å²) in [5.74, 6) is 5.68. The Hall–Kier alpha value is -4.27. The summed E-state index contributed by atoms with van der Waals surface area (Å²) >= 11 is 0. The van der Waals surface area contributed by atoms with E-state index in [1.165, 1.54) is 25.7 Å². The summed E-state index contributed by atoms with van der Waals surface area (Å²) < 4.78 is 136. The standard InChI is InChI=1S/C45H59NO6S.C32H59NO6SSi.C27H47NO8S2/c1-31(19-22-41(48)46-27-28-53(49,50)51)37-20-21-38-42-39(24-26-44(37,38)3)43(2)25-23-36(29-35(43)30-40(42)47)52-45(32-13-7-4-8-14-32,33-15-9-5-10-16-33)34-17-11-6-12-18-34;1-21(9-12-28(35)33-17-18-40(36,37)38)24-10-11-25-29-26(14-16-32(24,25)6)31(5)15-13-23(19-22(31)20-27(29)34)39-41(7,8)30(2,3)4;1-17(5-8-24(30)28-13-14-38(33,34)35)20-6-7-21-25-22(10-12-27(20,21)3)26(2)11-9-19(36-37(4,31)32)15-18(26)16-23(25)29/h4-18,31,35-40,42,47H,19-30H2,1-3H3,(H,46,48)(H,49,50,51);21-27,29,34H,9-20H2,1-8H3,(H,33,35)(H,36,37,38);17-23,25,29H,5-16H2,1-4H3,(H,28,30)(H,33,34,35)/t31-,35?,36-,37-,38+,39+,40+,42+,43+,44-;21-,22?,23-,24-,25+,26+,27+,29+,31+,32-;17-,18?,19-,20-,21+,22+,23+,25+,26+,27-/m111/s1. The van der Waals surface area contributed by atoms with Crippen LogP contribution in [-0.4, -0.2) is 168 Å². The largest absolute Gasteiger partial charge is 0.414 e. The Morgan fingerprint density at radius 1 is 0.402 bits per heavy atom. The minimum Gasteiger partial charge on any atom is -0.414 e. The van der Waals surface area contributed by atoms with Crippen molar-refractivity contribution in [1.82, 2.24) is 16.0 Å². The molecule has 0 aliphatic heterocycles. The zero-order valence-electron chi connectivity index (χ0n) is 82.0. The minimum absolute atomic E-state index is 0.0493. The first-order valence-corrected chi connectivity index (χ1v) is 60.3. The molecule has 9 N–H and O–H groups in total. The van der Waals surface area contributed by atoms with Crippen molar-refractivity contribution in [1.29, 1.82) is 0 Å². The summed E-state index contributed by atoms with van der Waals surface area (Å²) in [5.41, 5.74) is 3.60. The SMILES string of the molecule is C[C@H](CCC(=O)NCCS(=O)(=O)O)[C@H]1CC[C@H]2[C@@H]3[C@@H](O)CC4C[C@H](OC(c5ccccc5)(c5ccccc5)c5ccccc5)CC[C@]4(C)[C@H]3CC[C@]12C.C[C@H](CCC(=O)NCCS(=O)(=O)O)[C@H]1CC[C@H]2[C@@H]3[C@@H](O)CC4C[C@H](OS(C)(=O)=O)CC[C@]4(C)[C@H]3CC[C@]12C.C[C@H](CCC(=O)NCCS(=O)(=O)O)[C@H]1CC[C@H]2[C@@H]3[C@@H](O)CC4C[C@H](O[Si](C)(C)C(C)(C)C)CC[C@]4(C)[C@H]3CC[C@]12C. The highest BCUT2D eigenvalue weighted by Crippen LogP contribution is 2.73. The van der Waals surface area contributed by atoms with Crippen LogP contribution >= 0.6 is 0 Å². The van der Waals surface area contributed by atoms with E-state index in [9.17, 15) is 63.4 Å². The minimum atomic E-state index is -4.10. The van der Waals surface area contributed by atoms with Gasteiger partial charge in [0.1, 0.15) is 5.60 Å². The van der Waals surface area contributed by atoms with E-state index in [2.05, 4.69) is 203 Å². The second-order valence-electron chi connectivity index (χ2n) is 47.3. The number of rotatable bonds is 30. The Morgan fingerprint density at radius 3 is 0.970 bits per heavy atom. The topological polar surface area (TPSA) is 373 Å². The van der Waals surface area contributed by atoms with Crippen LogP contribution < -0.4 is 16.0 Å². The molecule has 12 aliphatic carbocycles. The van der Waals surface area contributed by atoms with Crippen LogP contribution in [0.4, 0.5) is 0 Å². The van der Waals surface area contributed by atoms with Crippen LogP contribution in [0.5, 0.6) is 0 Å². The fourth-order valence-corrected chi connectivity index (χ4v) is 34.6. The number of amides is 3. The van der Waals surface area contributed by atoms with Crippen LogP contribution in [0.1, 0.15) is 292 Å². The normalized spacial score (nSPS) is 38.0. The third-order valence-corrected chi connectivity index (χ3v) is 46.5. The van der Waals surface area contributed by atoms with Crippen molar-refractivity contribution in [2.75, 3.05) is 43.1 Å². The number of benzene rings is 3. The summed E-state index contributed by atoms with van der Waals surface area (Å²) in [6.07, 6.45) is 28.4. The van der Waals surface area contributed by atoms with E-state index in [1.54, 1.807) is 0 Å².